The highest BCUT2D eigenvalue weighted by molar-refractivity contribution is 5.97. The van der Waals surface area contributed by atoms with Gasteiger partial charge in [-0.3, -0.25) is 4.79 Å². The molecule has 3 rings (SSSR count). The van der Waals surface area contributed by atoms with E-state index in [0.717, 1.165) is 18.5 Å². The van der Waals surface area contributed by atoms with Crippen LogP contribution in [0.1, 0.15) is 16.7 Å². The third-order valence-corrected chi connectivity index (χ3v) is 4.47. The molecule has 0 fully saturated rings. The molecule has 1 amide bonds. The first-order valence-corrected chi connectivity index (χ1v) is 8.64. The van der Waals surface area contributed by atoms with Crippen molar-refractivity contribution in [3.63, 3.8) is 0 Å². The SMILES string of the molecule is N#C/C(=C/N1CCc2ccccc2C1)C(=O)NCCc1ccc(O)cc1. The molecule has 132 valence electrons. The fourth-order valence-corrected chi connectivity index (χ4v) is 3.03. The number of fused-ring (bicyclic) bond motifs is 1. The highest BCUT2D eigenvalue weighted by Gasteiger charge is 2.16. The Morgan fingerprint density at radius 3 is 2.65 bits per heavy atom. The summed E-state index contributed by atoms with van der Waals surface area (Å²) in [6.45, 7) is 1.94. The van der Waals surface area contributed by atoms with Crippen LogP contribution in [0.15, 0.2) is 60.3 Å². The first-order valence-electron chi connectivity index (χ1n) is 8.64. The van der Waals surface area contributed by atoms with Gasteiger partial charge in [-0.05, 0) is 41.7 Å². The maximum absolute atomic E-state index is 12.3. The lowest BCUT2D eigenvalue weighted by Crippen LogP contribution is -2.30. The third-order valence-electron chi connectivity index (χ3n) is 4.47. The van der Waals surface area contributed by atoms with E-state index in [1.165, 1.54) is 11.1 Å². The van der Waals surface area contributed by atoms with Gasteiger partial charge in [-0.15, -0.1) is 0 Å². The quantitative estimate of drug-likeness (QED) is 0.644. The summed E-state index contributed by atoms with van der Waals surface area (Å²) >= 11 is 0. The third kappa shape index (κ3) is 4.42. The Hall–Kier alpha value is -3.26. The summed E-state index contributed by atoms with van der Waals surface area (Å²) in [5.74, 6) is -0.138. The lowest BCUT2D eigenvalue weighted by Gasteiger charge is -2.27. The van der Waals surface area contributed by atoms with Gasteiger partial charge >= 0.3 is 0 Å². The maximum atomic E-state index is 12.3. The van der Waals surface area contributed by atoms with Crippen molar-refractivity contribution >= 4 is 5.91 Å². The Kier molecular flexibility index (Phi) is 5.55. The van der Waals surface area contributed by atoms with Crippen LogP contribution in [0.25, 0.3) is 0 Å². The van der Waals surface area contributed by atoms with Crippen LogP contribution in [0.5, 0.6) is 5.75 Å². The fraction of sp³-hybridized carbons (Fsp3) is 0.238. The summed E-state index contributed by atoms with van der Waals surface area (Å²) in [5, 5.41) is 21.4. The summed E-state index contributed by atoms with van der Waals surface area (Å²) in [5.41, 5.74) is 3.70. The number of carbonyl (C=O) groups is 1. The van der Waals surface area contributed by atoms with Crippen LogP contribution in [-0.4, -0.2) is 29.0 Å². The van der Waals surface area contributed by atoms with Gasteiger partial charge in [0, 0.05) is 25.8 Å². The van der Waals surface area contributed by atoms with Crippen molar-refractivity contribution in [1.82, 2.24) is 10.2 Å². The number of aromatic hydroxyl groups is 1. The van der Waals surface area contributed by atoms with Crippen LogP contribution in [0, 0.1) is 11.3 Å². The summed E-state index contributed by atoms with van der Waals surface area (Å²) in [6, 6.07) is 17.1. The maximum Gasteiger partial charge on any atom is 0.263 e. The zero-order chi connectivity index (χ0) is 18.4. The molecule has 0 bridgehead atoms. The smallest absolute Gasteiger partial charge is 0.263 e. The molecule has 0 unspecified atom stereocenters. The first-order chi connectivity index (χ1) is 12.7. The molecule has 0 aromatic heterocycles. The number of amides is 1. The number of rotatable bonds is 5. The van der Waals surface area contributed by atoms with Crippen LogP contribution in [0.4, 0.5) is 0 Å². The number of phenolic OH excluding ortho intramolecular Hbond substituents is 1. The van der Waals surface area contributed by atoms with Gasteiger partial charge in [0.2, 0.25) is 0 Å². The minimum absolute atomic E-state index is 0.120. The predicted molar refractivity (Wildman–Crippen MR) is 99.1 cm³/mol. The Balaban J connectivity index is 1.56. The standard InChI is InChI=1S/C21H21N3O2/c22-13-19(15-24-12-10-17-3-1-2-4-18(17)14-24)21(26)23-11-9-16-5-7-20(25)8-6-16/h1-8,15,25H,9-12,14H2,(H,23,26)/b19-15-. The topological polar surface area (TPSA) is 76.4 Å². The molecule has 2 aromatic carbocycles. The van der Waals surface area contributed by atoms with Crippen LogP contribution < -0.4 is 5.32 Å². The Labute approximate surface area is 153 Å². The molecule has 5 heteroatoms. The molecule has 0 aliphatic carbocycles. The average Bonchev–Trinajstić information content (AvgIpc) is 2.67. The van der Waals surface area contributed by atoms with Gasteiger partial charge < -0.3 is 15.3 Å². The zero-order valence-electron chi connectivity index (χ0n) is 14.5. The van der Waals surface area contributed by atoms with Gasteiger partial charge in [-0.25, -0.2) is 0 Å². The van der Waals surface area contributed by atoms with Gasteiger partial charge in [-0.1, -0.05) is 36.4 Å². The summed E-state index contributed by atoms with van der Waals surface area (Å²) in [7, 11) is 0. The van der Waals surface area contributed by atoms with Crippen LogP contribution >= 0.6 is 0 Å². The normalized spacial score (nSPS) is 13.7. The van der Waals surface area contributed by atoms with Crippen molar-refractivity contribution in [3.05, 3.63) is 77.0 Å². The minimum atomic E-state index is -0.356. The molecular weight excluding hydrogens is 326 g/mol. The largest absolute Gasteiger partial charge is 0.508 e. The lowest BCUT2D eigenvalue weighted by molar-refractivity contribution is -0.117. The summed E-state index contributed by atoms with van der Waals surface area (Å²) in [6.07, 6.45) is 3.21. The predicted octanol–water partition coefficient (Wildman–Crippen LogP) is 2.52. The molecule has 0 saturated carbocycles. The van der Waals surface area contributed by atoms with E-state index in [9.17, 15) is 15.2 Å². The van der Waals surface area contributed by atoms with E-state index in [0.29, 0.717) is 19.5 Å². The average molecular weight is 347 g/mol. The molecule has 0 radical (unpaired) electrons. The van der Waals surface area contributed by atoms with E-state index in [4.69, 9.17) is 0 Å². The highest BCUT2D eigenvalue weighted by Crippen LogP contribution is 2.19. The number of nitriles is 1. The first kappa shape index (κ1) is 17.6. The van der Waals surface area contributed by atoms with Gasteiger partial charge in [-0.2, -0.15) is 5.26 Å². The zero-order valence-corrected chi connectivity index (χ0v) is 14.5. The number of nitrogens with zero attached hydrogens (tertiary/aromatic N) is 2. The van der Waals surface area contributed by atoms with E-state index in [-0.39, 0.29) is 17.2 Å². The lowest BCUT2D eigenvalue weighted by atomic mass is 10.0. The second-order valence-electron chi connectivity index (χ2n) is 6.32. The Morgan fingerprint density at radius 1 is 1.19 bits per heavy atom. The van der Waals surface area contributed by atoms with Crippen molar-refractivity contribution in [2.45, 2.75) is 19.4 Å². The van der Waals surface area contributed by atoms with E-state index >= 15 is 0 Å². The highest BCUT2D eigenvalue weighted by atomic mass is 16.3. The summed E-state index contributed by atoms with van der Waals surface area (Å²) in [4.78, 5) is 14.3. The van der Waals surface area contributed by atoms with Crippen molar-refractivity contribution in [3.8, 4) is 11.8 Å². The second-order valence-corrected chi connectivity index (χ2v) is 6.32. The van der Waals surface area contributed by atoms with E-state index < -0.39 is 0 Å². The molecule has 0 atom stereocenters. The number of hydrogen-bond acceptors (Lipinski definition) is 4. The van der Waals surface area contributed by atoms with E-state index in [1.54, 1.807) is 18.3 Å². The molecular formula is C21H21N3O2. The molecule has 2 N–H and O–H groups in total. The molecule has 26 heavy (non-hydrogen) atoms. The fourth-order valence-electron chi connectivity index (χ4n) is 3.03. The number of benzene rings is 2. The number of phenols is 1. The van der Waals surface area contributed by atoms with Gasteiger partial charge in [0.1, 0.15) is 17.4 Å². The van der Waals surface area contributed by atoms with Crippen molar-refractivity contribution in [1.29, 1.82) is 5.26 Å². The monoisotopic (exact) mass is 347 g/mol. The van der Waals surface area contributed by atoms with Crippen molar-refractivity contribution in [2.75, 3.05) is 13.1 Å². The Bertz CT molecular complexity index is 850. The molecule has 1 aliphatic heterocycles. The van der Waals surface area contributed by atoms with Crippen LogP contribution in [-0.2, 0) is 24.2 Å². The molecule has 2 aromatic rings. The van der Waals surface area contributed by atoms with Gasteiger partial charge in [0.15, 0.2) is 0 Å². The Morgan fingerprint density at radius 2 is 1.92 bits per heavy atom. The van der Waals surface area contributed by atoms with Crippen LogP contribution in [0.3, 0.4) is 0 Å². The molecule has 1 heterocycles. The number of nitrogens with one attached hydrogen (secondary N) is 1. The van der Waals surface area contributed by atoms with Crippen LogP contribution in [0.2, 0.25) is 0 Å². The molecule has 1 aliphatic rings. The number of hydrogen-bond donors (Lipinski definition) is 2. The number of carbonyl (C=O) groups excluding carboxylic acids is 1. The summed E-state index contributed by atoms with van der Waals surface area (Å²) < 4.78 is 0. The molecule has 0 spiro atoms. The van der Waals surface area contributed by atoms with E-state index in [2.05, 4.69) is 17.4 Å². The minimum Gasteiger partial charge on any atom is -0.508 e. The molecule has 0 saturated heterocycles. The van der Waals surface area contributed by atoms with E-state index in [1.807, 2.05) is 35.2 Å². The van der Waals surface area contributed by atoms with Crippen molar-refractivity contribution in [2.24, 2.45) is 0 Å². The van der Waals surface area contributed by atoms with Crippen molar-refractivity contribution < 1.29 is 9.90 Å². The molecule has 5 nitrogen and oxygen atoms in total. The van der Waals surface area contributed by atoms with Gasteiger partial charge in [0.05, 0.1) is 0 Å². The second kappa shape index (κ2) is 8.21. The van der Waals surface area contributed by atoms with Gasteiger partial charge in [0.25, 0.3) is 5.91 Å².